The number of benzene rings is 2. The van der Waals surface area contributed by atoms with Gasteiger partial charge in [-0.3, -0.25) is 10.2 Å². The second kappa shape index (κ2) is 8.52. The molecule has 3 aromatic rings. The van der Waals surface area contributed by atoms with Crippen molar-refractivity contribution in [2.45, 2.75) is 6.54 Å². The number of aromatic nitrogens is 3. The molecule has 144 valence electrons. The number of halogens is 1. The van der Waals surface area contributed by atoms with Gasteiger partial charge in [0.05, 0.1) is 13.2 Å². The summed E-state index contributed by atoms with van der Waals surface area (Å²) < 4.78 is 5.29. The number of amides is 1. The molecule has 0 bridgehead atoms. The quantitative estimate of drug-likeness (QED) is 0.716. The summed E-state index contributed by atoms with van der Waals surface area (Å²) >= 11 is 6.01. The number of hydrogen-bond acceptors (Lipinski definition) is 5. The Bertz CT molecular complexity index is 937. The summed E-state index contributed by atoms with van der Waals surface area (Å²) in [4.78, 5) is 13.8. The third kappa shape index (κ3) is 4.39. The molecule has 0 unspecified atom stereocenters. The summed E-state index contributed by atoms with van der Waals surface area (Å²) in [5.74, 6) is -0.167. The largest absolute Gasteiger partial charge is 0.379 e. The molecule has 1 fully saturated rings. The molecule has 1 saturated heterocycles. The van der Waals surface area contributed by atoms with E-state index < -0.39 is 0 Å². The lowest BCUT2D eigenvalue weighted by Crippen LogP contribution is -2.49. The Labute approximate surface area is 167 Å². The van der Waals surface area contributed by atoms with E-state index in [0.29, 0.717) is 37.0 Å². The molecule has 0 aliphatic carbocycles. The predicted octanol–water partition coefficient (Wildman–Crippen LogP) is 2.63. The van der Waals surface area contributed by atoms with E-state index in [4.69, 9.17) is 16.3 Å². The highest BCUT2D eigenvalue weighted by Crippen LogP contribution is 2.29. The van der Waals surface area contributed by atoms with Gasteiger partial charge >= 0.3 is 0 Å². The summed E-state index contributed by atoms with van der Waals surface area (Å²) in [5, 5.41) is 11.7. The predicted molar refractivity (Wildman–Crippen MR) is 106 cm³/mol. The van der Waals surface area contributed by atoms with Gasteiger partial charge in [0.2, 0.25) is 0 Å². The Morgan fingerprint density at radius 1 is 0.964 bits per heavy atom. The molecule has 28 heavy (non-hydrogen) atoms. The molecule has 0 atom stereocenters. The summed E-state index contributed by atoms with van der Waals surface area (Å²) in [7, 11) is 0. The number of carbonyl (C=O) groups excluding carboxylic acids is 1. The minimum atomic E-state index is -0.167. The summed E-state index contributed by atoms with van der Waals surface area (Å²) in [6, 6.07) is 17.2. The maximum absolute atomic E-state index is 12.4. The topological polar surface area (TPSA) is 72.3 Å². The third-order valence-corrected chi connectivity index (χ3v) is 4.65. The van der Waals surface area contributed by atoms with Gasteiger partial charge in [-0.15, -0.1) is 0 Å². The third-order valence-electron chi connectivity index (χ3n) is 4.40. The normalized spacial score (nSPS) is 14.8. The van der Waals surface area contributed by atoms with Gasteiger partial charge in [0, 0.05) is 29.2 Å². The van der Waals surface area contributed by atoms with Crippen molar-refractivity contribution in [1.29, 1.82) is 0 Å². The first-order valence-corrected chi connectivity index (χ1v) is 9.45. The zero-order valence-electron chi connectivity index (χ0n) is 15.2. The van der Waals surface area contributed by atoms with Crippen LogP contribution in [0.3, 0.4) is 0 Å². The minimum Gasteiger partial charge on any atom is -0.379 e. The van der Waals surface area contributed by atoms with E-state index in [9.17, 15) is 4.79 Å². The van der Waals surface area contributed by atoms with Crippen LogP contribution in [0, 0.1) is 0 Å². The van der Waals surface area contributed by atoms with Crippen LogP contribution in [0.1, 0.15) is 0 Å². The van der Waals surface area contributed by atoms with Gasteiger partial charge in [-0.25, -0.2) is 5.01 Å². The monoisotopic (exact) mass is 397 g/mol. The molecule has 8 heteroatoms. The van der Waals surface area contributed by atoms with Crippen molar-refractivity contribution >= 4 is 17.5 Å². The number of rotatable bonds is 5. The lowest BCUT2D eigenvalue weighted by molar-refractivity contribution is -0.129. The van der Waals surface area contributed by atoms with Gasteiger partial charge in [0.25, 0.3) is 5.91 Å². The number of hydrazine groups is 1. The average Bonchev–Trinajstić information content (AvgIpc) is 3.13. The highest BCUT2D eigenvalue weighted by atomic mass is 35.5. The van der Waals surface area contributed by atoms with Crippen molar-refractivity contribution in [3.05, 3.63) is 59.6 Å². The first-order valence-electron chi connectivity index (χ1n) is 9.08. The van der Waals surface area contributed by atoms with Crippen LogP contribution in [0.4, 0.5) is 0 Å². The second-order valence-corrected chi connectivity index (χ2v) is 6.87. The maximum Gasteiger partial charge on any atom is 0.257 e. The molecule has 2 heterocycles. The first kappa shape index (κ1) is 18.6. The molecule has 0 spiro atoms. The van der Waals surface area contributed by atoms with E-state index in [1.807, 2.05) is 59.6 Å². The smallest absolute Gasteiger partial charge is 0.257 e. The van der Waals surface area contributed by atoms with E-state index in [-0.39, 0.29) is 12.5 Å². The molecule has 4 rings (SSSR count). The van der Waals surface area contributed by atoms with E-state index in [0.717, 1.165) is 16.8 Å². The molecule has 7 nitrogen and oxygen atoms in total. The Morgan fingerprint density at radius 2 is 1.57 bits per heavy atom. The number of hydrogen-bond donors (Lipinski definition) is 1. The fourth-order valence-corrected chi connectivity index (χ4v) is 3.15. The maximum atomic E-state index is 12.4. The average molecular weight is 398 g/mol. The molecule has 0 saturated carbocycles. The first-order chi connectivity index (χ1) is 13.7. The van der Waals surface area contributed by atoms with Gasteiger partial charge in [-0.2, -0.15) is 15.0 Å². The van der Waals surface area contributed by atoms with E-state index in [2.05, 4.69) is 15.6 Å². The molecule has 0 radical (unpaired) electrons. The van der Waals surface area contributed by atoms with Crippen molar-refractivity contribution in [1.82, 2.24) is 25.4 Å². The lowest BCUT2D eigenvalue weighted by Gasteiger charge is -2.26. The van der Waals surface area contributed by atoms with Crippen LogP contribution in [0.15, 0.2) is 54.6 Å². The molecule has 1 aromatic heterocycles. The highest BCUT2D eigenvalue weighted by molar-refractivity contribution is 6.30. The summed E-state index contributed by atoms with van der Waals surface area (Å²) in [5.41, 5.74) is 6.14. The molecule has 1 aliphatic rings. The van der Waals surface area contributed by atoms with Crippen LogP contribution in [0.25, 0.3) is 22.5 Å². The number of nitrogens with one attached hydrogen (secondary N) is 1. The Balaban J connectivity index is 1.59. The van der Waals surface area contributed by atoms with Crippen molar-refractivity contribution < 1.29 is 9.53 Å². The molecule has 1 aliphatic heterocycles. The van der Waals surface area contributed by atoms with Crippen LogP contribution in [0.2, 0.25) is 5.02 Å². The van der Waals surface area contributed by atoms with Gasteiger partial charge in [-0.05, 0) is 12.1 Å². The Hall–Kier alpha value is -2.74. The Morgan fingerprint density at radius 3 is 2.21 bits per heavy atom. The van der Waals surface area contributed by atoms with Crippen LogP contribution in [-0.2, 0) is 16.1 Å². The van der Waals surface area contributed by atoms with Crippen molar-refractivity contribution in [3.63, 3.8) is 0 Å². The van der Waals surface area contributed by atoms with Crippen molar-refractivity contribution in [3.8, 4) is 22.5 Å². The number of morpholine rings is 1. The van der Waals surface area contributed by atoms with Crippen molar-refractivity contribution in [2.24, 2.45) is 0 Å². The van der Waals surface area contributed by atoms with E-state index in [1.54, 1.807) is 0 Å². The molecule has 1 amide bonds. The molecular weight excluding hydrogens is 378 g/mol. The number of ether oxygens (including phenoxy) is 1. The zero-order valence-corrected chi connectivity index (χ0v) is 16.0. The number of nitrogens with zero attached hydrogens (tertiary/aromatic N) is 4. The summed E-state index contributed by atoms with van der Waals surface area (Å²) in [6.45, 7) is 2.59. The minimum absolute atomic E-state index is 0.0325. The lowest BCUT2D eigenvalue weighted by atomic mass is 10.1. The van der Waals surface area contributed by atoms with Gasteiger partial charge in [0.1, 0.15) is 17.9 Å². The zero-order chi connectivity index (χ0) is 19.3. The van der Waals surface area contributed by atoms with Crippen LogP contribution in [-0.4, -0.2) is 52.2 Å². The van der Waals surface area contributed by atoms with Crippen LogP contribution in [0.5, 0.6) is 0 Å². The summed E-state index contributed by atoms with van der Waals surface area (Å²) in [6.07, 6.45) is 0. The molecular formula is C20H20ClN5O2. The van der Waals surface area contributed by atoms with Gasteiger partial charge in [0.15, 0.2) is 0 Å². The van der Waals surface area contributed by atoms with E-state index >= 15 is 0 Å². The fraction of sp³-hybridized carbons (Fsp3) is 0.250. The number of carbonyl (C=O) groups is 1. The standard InChI is InChI=1S/C20H20ClN5O2/c21-17-8-6-16(7-9-17)20-19(15-4-2-1-3-5-15)23-26(24-20)14-18(27)22-25-10-12-28-13-11-25/h1-9H,10-14H2,(H,22,27). The fourth-order valence-electron chi connectivity index (χ4n) is 3.03. The van der Waals surface area contributed by atoms with Gasteiger partial charge in [-0.1, -0.05) is 54.1 Å². The van der Waals surface area contributed by atoms with Crippen LogP contribution >= 0.6 is 11.6 Å². The highest BCUT2D eigenvalue weighted by Gasteiger charge is 2.18. The molecule has 1 N–H and O–H groups in total. The molecule has 2 aromatic carbocycles. The van der Waals surface area contributed by atoms with Gasteiger partial charge < -0.3 is 4.74 Å². The van der Waals surface area contributed by atoms with E-state index in [1.165, 1.54) is 4.80 Å². The van der Waals surface area contributed by atoms with Crippen molar-refractivity contribution in [2.75, 3.05) is 26.3 Å². The SMILES string of the molecule is O=C(Cn1nc(-c2ccccc2)c(-c2ccc(Cl)cc2)n1)NN1CCOCC1. The Kier molecular flexibility index (Phi) is 5.66. The second-order valence-electron chi connectivity index (χ2n) is 6.43. The van der Waals surface area contributed by atoms with Crippen LogP contribution < -0.4 is 5.43 Å².